The topological polar surface area (TPSA) is 30.7 Å². The number of benzene rings is 7. The maximum Gasteiger partial charge on any atom is 0.161 e. The zero-order chi connectivity index (χ0) is 33.8. The van der Waals surface area contributed by atoms with Crippen LogP contribution >= 0.6 is 11.3 Å². The Morgan fingerprint density at radius 3 is 2.12 bits per heavy atom. The van der Waals surface area contributed by atoms with Crippen LogP contribution in [0.25, 0.3) is 92.3 Å². The summed E-state index contributed by atoms with van der Waals surface area (Å²) in [5.74, 6) is 0.739. The second kappa shape index (κ2) is 10.5. The molecule has 0 N–H and O–H groups in total. The van der Waals surface area contributed by atoms with Crippen molar-refractivity contribution in [3.8, 4) is 39.5 Å². The van der Waals surface area contributed by atoms with Crippen LogP contribution in [-0.4, -0.2) is 14.5 Å². The SMILES string of the molecule is CC1(C)c2ccccc2-c2cc3c(cc21)c1ccccc1n3-c1cc(-c2nc(-c3ccccc3)c3ccccc3n2)c2sc3ccccc3c2c1. The summed E-state index contributed by atoms with van der Waals surface area (Å²) in [5, 5.41) is 6.06. The van der Waals surface area contributed by atoms with Gasteiger partial charge in [-0.25, -0.2) is 9.97 Å². The molecule has 4 heteroatoms. The molecule has 3 heterocycles. The van der Waals surface area contributed by atoms with Gasteiger partial charge in [0.05, 0.1) is 22.2 Å². The van der Waals surface area contributed by atoms with Gasteiger partial charge < -0.3 is 4.57 Å². The van der Waals surface area contributed by atoms with Crippen LogP contribution in [-0.2, 0) is 5.41 Å². The first kappa shape index (κ1) is 28.7. The second-order valence-electron chi connectivity index (χ2n) is 14.2. The molecule has 0 spiro atoms. The molecule has 0 saturated carbocycles. The fourth-order valence-corrected chi connectivity index (χ4v) is 9.75. The zero-order valence-corrected chi connectivity index (χ0v) is 29.0. The monoisotopic (exact) mass is 669 g/mol. The number of hydrogen-bond donors (Lipinski definition) is 0. The van der Waals surface area contributed by atoms with Crippen molar-refractivity contribution in [2.75, 3.05) is 0 Å². The van der Waals surface area contributed by atoms with Crippen molar-refractivity contribution in [3.63, 3.8) is 0 Å². The number of rotatable bonds is 3. The van der Waals surface area contributed by atoms with Gasteiger partial charge in [0, 0.05) is 58.6 Å². The Labute approximate surface area is 299 Å². The van der Waals surface area contributed by atoms with Crippen molar-refractivity contribution >= 4 is 64.2 Å². The summed E-state index contributed by atoms with van der Waals surface area (Å²) in [6, 6.07) is 55.0. The predicted molar refractivity (Wildman–Crippen MR) is 215 cm³/mol. The summed E-state index contributed by atoms with van der Waals surface area (Å²) in [6.07, 6.45) is 0. The van der Waals surface area contributed by atoms with Gasteiger partial charge in [-0.05, 0) is 64.7 Å². The van der Waals surface area contributed by atoms with Gasteiger partial charge in [0.2, 0.25) is 0 Å². The maximum absolute atomic E-state index is 5.38. The Balaban J connectivity index is 1.26. The van der Waals surface area contributed by atoms with E-state index in [1.165, 1.54) is 64.2 Å². The van der Waals surface area contributed by atoms with Crippen molar-refractivity contribution in [2.45, 2.75) is 19.3 Å². The first-order chi connectivity index (χ1) is 25.0. The van der Waals surface area contributed by atoms with Crippen molar-refractivity contribution in [1.82, 2.24) is 14.5 Å². The summed E-state index contributed by atoms with van der Waals surface area (Å²) in [5.41, 5.74) is 12.9. The minimum Gasteiger partial charge on any atom is -0.309 e. The smallest absolute Gasteiger partial charge is 0.161 e. The van der Waals surface area contributed by atoms with Gasteiger partial charge in [-0.3, -0.25) is 0 Å². The van der Waals surface area contributed by atoms with E-state index in [4.69, 9.17) is 9.97 Å². The van der Waals surface area contributed by atoms with E-state index in [0.717, 1.165) is 39.2 Å². The number of fused-ring (bicyclic) bond motifs is 10. The summed E-state index contributed by atoms with van der Waals surface area (Å²) in [7, 11) is 0. The number of para-hydroxylation sites is 2. The van der Waals surface area contributed by atoms with Crippen LogP contribution in [0.3, 0.4) is 0 Å². The fraction of sp³-hybridized carbons (Fsp3) is 0.0638. The van der Waals surface area contributed by atoms with Crippen molar-refractivity contribution in [1.29, 1.82) is 0 Å². The molecule has 0 radical (unpaired) electrons. The van der Waals surface area contributed by atoms with E-state index in [2.05, 4.69) is 170 Å². The molecule has 0 unspecified atom stereocenters. The Bertz CT molecular complexity index is 3060. The number of thiophene rings is 1. The highest BCUT2D eigenvalue weighted by Gasteiger charge is 2.36. The predicted octanol–water partition coefficient (Wildman–Crippen LogP) is 12.7. The minimum absolute atomic E-state index is 0.0745. The highest BCUT2D eigenvalue weighted by atomic mass is 32.1. The van der Waals surface area contributed by atoms with Crippen molar-refractivity contribution in [3.05, 3.63) is 163 Å². The van der Waals surface area contributed by atoms with Gasteiger partial charge in [0.1, 0.15) is 0 Å². The molecule has 0 bridgehead atoms. The van der Waals surface area contributed by atoms with E-state index in [1.54, 1.807) is 0 Å². The van der Waals surface area contributed by atoms with Crippen LogP contribution in [0.1, 0.15) is 25.0 Å². The van der Waals surface area contributed by atoms with Gasteiger partial charge in [0.25, 0.3) is 0 Å². The molecule has 0 atom stereocenters. The molecule has 51 heavy (non-hydrogen) atoms. The van der Waals surface area contributed by atoms with Gasteiger partial charge >= 0.3 is 0 Å². The number of aromatic nitrogens is 3. The molecule has 1 aliphatic carbocycles. The molecule has 3 aromatic heterocycles. The first-order valence-electron chi connectivity index (χ1n) is 17.5. The van der Waals surface area contributed by atoms with Crippen LogP contribution in [0.5, 0.6) is 0 Å². The van der Waals surface area contributed by atoms with Gasteiger partial charge in [-0.15, -0.1) is 11.3 Å². The van der Waals surface area contributed by atoms with Crippen LogP contribution in [0.4, 0.5) is 0 Å². The molecule has 0 amide bonds. The molecule has 0 aliphatic heterocycles. The molecule has 0 saturated heterocycles. The third-order valence-corrected chi connectivity index (χ3v) is 12.2. The highest BCUT2D eigenvalue weighted by Crippen LogP contribution is 2.51. The normalized spacial score (nSPS) is 13.5. The molecule has 0 fully saturated rings. The largest absolute Gasteiger partial charge is 0.309 e. The van der Waals surface area contributed by atoms with Gasteiger partial charge in [-0.2, -0.15) is 0 Å². The zero-order valence-electron chi connectivity index (χ0n) is 28.2. The summed E-state index contributed by atoms with van der Waals surface area (Å²) >= 11 is 1.82. The van der Waals surface area contributed by atoms with E-state index in [0.29, 0.717) is 0 Å². The number of nitrogens with zero attached hydrogens (tertiary/aromatic N) is 3. The molecule has 240 valence electrons. The second-order valence-corrected chi connectivity index (χ2v) is 15.2. The van der Waals surface area contributed by atoms with E-state index in [9.17, 15) is 0 Å². The van der Waals surface area contributed by atoms with E-state index in [-0.39, 0.29) is 5.41 Å². The van der Waals surface area contributed by atoms with Crippen molar-refractivity contribution in [2.24, 2.45) is 0 Å². The molecular formula is C47H31N3S. The third-order valence-electron chi connectivity index (χ3n) is 11.0. The standard InChI is InChI=1S/C47H31N3S/c1-47(2)38-20-10-6-16-30(38)34-27-42-35(26-39(34)47)31-17-8-12-22-41(31)50(42)29-24-36-32-18-9-13-23-43(32)51-45(36)37(25-29)46-48-40-21-11-7-19-33(40)44(49-46)28-14-4-3-5-15-28/h3-27H,1-2H3. The molecule has 3 nitrogen and oxygen atoms in total. The minimum atomic E-state index is -0.0745. The van der Waals surface area contributed by atoms with Crippen LogP contribution in [0.15, 0.2) is 152 Å². The van der Waals surface area contributed by atoms with Crippen LogP contribution in [0.2, 0.25) is 0 Å². The van der Waals surface area contributed by atoms with Crippen molar-refractivity contribution < 1.29 is 0 Å². The molecule has 1 aliphatic rings. The quantitative estimate of drug-likeness (QED) is 0.187. The van der Waals surface area contributed by atoms with Crippen LogP contribution < -0.4 is 0 Å². The molecule has 10 aromatic rings. The van der Waals surface area contributed by atoms with Gasteiger partial charge in [-0.1, -0.05) is 123 Å². The summed E-state index contributed by atoms with van der Waals surface area (Å²) < 4.78 is 4.92. The van der Waals surface area contributed by atoms with E-state index in [1.807, 2.05) is 11.3 Å². The lowest BCUT2D eigenvalue weighted by Crippen LogP contribution is -2.14. The summed E-state index contributed by atoms with van der Waals surface area (Å²) in [4.78, 5) is 10.7. The Morgan fingerprint density at radius 1 is 0.510 bits per heavy atom. The lowest BCUT2D eigenvalue weighted by molar-refractivity contribution is 0.661. The van der Waals surface area contributed by atoms with E-state index >= 15 is 0 Å². The average Bonchev–Trinajstić information content (AvgIpc) is 3.79. The molecule has 7 aromatic carbocycles. The number of hydrogen-bond acceptors (Lipinski definition) is 3. The maximum atomic E-state index is 5.38. The van der Waals surface area contributed by atoms with Gasteiger partial charge in [0.15, 0.2) is 5.82 Å². The molecule has 11 rings (SSSR count). The Kier molecular flexibility index (Phi) is 5.89. The van der Waals surface area contributed by atoms with E-state index < -0.39 is 0 Å². The first-order valence-corrected chi connectivity index (χ1v) is 18.3. The highest BCUT2D eigenvalue weighted by molar-refractivity contribution is 7.26. The molecular weight excluding hydrogens is 639 g/mol. The average molecular weight is 670 g/mol. The third kappa shape index (κ3) is 4.05. The lowest BCUT2D eigenvalue weighted by atomic mass is 9.82. The Hall–Kier alpha value is -6.10. The summed E-state index contributed by atoms with van der Waals surface area (Å²) in [6.45, 7) is 4.72. The lowest BCUT2D eigenvalue weighted by Gasteiger charge is -2.21. The fourth-order valence-electron chi connectivity index (χ4n) is 8.56. The van der Waals surface area contributed by atoms with Crippen LogP contribution in [0, 0.1) is 0 Å². The Morgan fingerprint density at radius 2 is 1.24 bits per heavy atom.